The van der Waals surface area contributed by atoms with Gasteiger partial charge >= 0.3 is 0 Å². The smallest absolute Gasteiger partial charge is 0.120 e. The molecule has 0 aliphatic heterocycles. The van der Waals surface area contributed by atoms with Crippen LogP contribution in [0.4, 0.5) is 0 Å². The van der Waals surface area contributed by atoms with Crippen LogP contribution < -0.4 is 0 Å². The van der Waals surface area contributed by atoms with Gasteiger partial charge in [0.1, 0.15) is 6.29 Å². The monoisotopic (exact) mass is 186 g/mol. The molecule has 0 saturated carbocycles. The third-order valence-electron chi connectivity index (χ3n) is 2.00. The quantitative estimate of drug-likeness (QED) is 0.510. The molecule has 0 radical (unpaired) electrons. The maximum atomic E-state index is 10.3. The second-order valence-corrected chi connectivity index (χ2v) is 3.00. The highest BCUT2D eigenvalue weighted by Crippen LogP contribution is 2.12. The lowest BCUT2D eigenvalue weighted by Gasteiger charge is -2.02. The topological polar surface area (TPSA) is 17.1 Å². The van der Waals surface area contributed by atoms with Crippen LogP contribution in [-0.2, 0) is 11.2 Å². The van der Waals surface area contributed by atoms with E-state index in [1.54, 1.807) is 6.08 Å². The Bertz CT molecular complexity index is 337. The van der Waals surface area contributed by atoms with E-state index in [1.807, 2.05) is 36.4 Å². The van der Waals surface area contributed by atoms with Crippen LogP contribution in [0.5, 0.6) is 0 Å². The van der Waals surface area contributed by atoms with Crippen LogP contribution in [0.25, 0.3) is 6.08 Å². The maximum absolute atomic E-state index is 10.3. The summed E-state index contributed by atoms with van der Waals surface area (Å²) >= 11 is 0. The molecule has 1 heteroatoms. The van der Waals surface area contributed by atoms with Crippen molar-refractivity contribution >= 4 is 12.4 Å². The van der Waals surface area contributed by atoms with Crippen molar-refractivity contribution < 1.29 is 4.79 Å². The van der Waals surface area contributed by atoms with Crippen LogP contribution >= 0.6 is 0 Å². The Labute approximate surface area is 84.8 Å². The molecule has 0 unspecified atom stereocenters. The molecule has 1 aromatic carbocycles. The molecule has 0 spiro atoms. The number of hydrogen-bond donors (Lipinski definition) is 0. The van der Waals surface area contributed by atoms with Crippen LogP contribution in [0.1, 0.15) is 17.5 Å². The van der Waals surface area contributed by atoms with Gasteiger partial charge in [-0.15, -0.1) is 0 Å². The second-order valence-electron chi connectivity index (χ2n) is 3.00. The summed E-state index contributed by atoms with van der Waals surface area (Å²) in [6.07, 6.45) is 8.00. The van der Waals surface area contributed by atoms with E-state index in [9.17, 15) is 4.79 Å². The summed E-state index contributed by atoms with van der Waals surface area (Å²) in [7, 11) is 0. The molecule has 0 aliphatic rings. The van der Waals surface area contributed by atoms with Gasteiger partial charge in [0.2, 0.25) is 0 Å². The zero-order chi connectivity index (χ0) is 10.2. The summed E-state index contributed by atoms with van der Waals surface area (Å²) in [6.45, 7) is 3.62. The number of hydrogen-bond acceptors (Lipinski definition) is 1. The number of carbonyl (C=O) groups is 1. The number of carbonyl (C=O) groups excluding carboxylic acids is 1. The van der Waals surface area contributed by atoms with Gasteiger partial charge in [-0.1, -0.05) is 49.1 Å². The zero-order valence-corrected chi connectivity index (χ0v) is 8.15. The van der Waals surface area contributed by atoms with Crippen LogP contribution in [0, 0.1) is 0 Å². The summed E-state index contributed by atoms with van der Waals surface area (Å²) < 4.78 is 0. The Hall–Kier alpha value is -1.63. The predicted octanol–water partition coefficient (Wildman–Crippen LogP) is 3.02. The molecule has 0 aliphatic carbocycles. The highest BCUT2D eigenvalue weighted by molar-refractivity contribution is 5.57. The first kappa shape index (κ1) is 10.5. The minimum Gasteiger partial charge on any atom is -0.303 e. The fourth-order valence-corrected chi connectivity index (χ4v) is 1.31. The van der Waals surface area contributed by atoms with Crippen LogP contribution in [0.2, 0.25) is 0 Å². The number of rotatable bonds is 5. The van der Waals surface area contributed by atoms with Crippen molar-refractivity contribution in [1.29, 1.82) is 0 Å². The summed E-state index contributed by atoms with van der Waals surface area (Å²) in [5.74, 6) is 0. The van der Waals surface area contributed by atoms with Crippen molar-refractivity contribution in [3.8, 4) is 0 Å². The van der Waals surface area contributed by atoms with Crippen molar-refractivity contribution in [2.75, 3.05) is 0 Å². The van der Waals surface area contributed by atoms with Gasteiger partial charge in [-0.05, 0) is 17.5 Å². The van der Waals surface area contributed by atoms with Crippen LogP contribution in [0.3, 0.4) is 0 Å². The molecule has 0 saturated heterocycles. The third kappa shape index (κ3) is 3.02. The van der Waals surface area contributed by atoms with Gasteiger partial charge in [-0.3, -0.25) is 0 Å². The van der Waals surface area contributed by atoms with E-state index >= 15 is 0 Å². The van der Waals surface area contributed by atoms with E-state index in [0.29, 0.717) is 6.42 Å². The van der Waals surface area contributed by atoms with Gasteiger partial charge < -0.3 is 4.79 Å². The van der Waals surface area contributed by atoms with E-state index in [0.717, 1.165) is 18.3 Å². The van der Waals surface area contributed by atoms with Crippen molar-refractivity contribution in [1.82, 2.24) is 0 Å². The molecule has 0 atom stereocenters. The highest BCUT2D eigenvalue weighted by atomic mass is 16.1. The summed E-state index contributed by atoms with van der Waals surface area (Å²) in [4.78, 5) is 10.3. The van der Waals surface area contributed by atoms with Crippen LogP contribution in [0.15, 0.2) is 43.0 Å². The van der Waals surface area contributed by atoms with Crippen molar-refractivity contribution in [2.45, 2.75) is 12.8 Å². The summed E-state index contributed by atoms with van der Waals surface area (Å²) in [6, 6.07) is 8.07. The van der Waals surface area contributed by atoms with Gasteiger partial charge in [0.05, 0.1) is 0 Å². The Kier molecular flexibility index (Phi) is 4.42. The lowest BCUT2D eigenvalue weighted by atomic mass is 10.0. The number of benzene rings is 1. The number of allylic oxidation sites excluding steroid dienone is 2. The zero-order valence-electron chi connectivity index (χ0n) is 8.15. The molecule has 0 bridgehead atoms. The van der Waals surface area contributed by atoms with E-state index in [4.69, 9.17) is 0 Å². The molecule has 1 rings (SSSR count). The maximum Gasteiger partial charge on any atom is 0.120 e. The first-order valence-electron chi connectivity index (χ1n) is 4.69. The van der Waals surface area contributed by atoms with Crippen molar-refractivity contribution in [3.05, 3.63) is 54.1 Å². The molecule has 1 nitrogen and oxygen atoms in total. The van der Waals surface area contributed by atoms with Crippen molar-refractivity contribution in [3.63, 3.8) is 0 Å². The van der Waals surface area contributed by atoms with E-state index < -0.39 is 0 Å². The Morgan fingerprint density at radius 1 is 1.29 bits per heavy atom. The lowest BCUT2D eigenvalue weighted by molar-refractivity contribution is -0.107. The van der Waals surface area contributed by atoms with Gasteiger partial charge in [-0.2, -0.15) is 0 Å². The molecule has 0 aromatic heterocycles. The molecule has 0 heterocycles. The third-order valence-corrected chi connectivity index (χ3v) is 2.00. The normalized spacial score (nSPS) is 10.3. The van der Waals surface area contributed by atoms with E-state index in [1.165, 1.54) is 5.56 Å². The van der Waals surface area contributed by atoms with E-state index in [2.05, 4.69) is 6.58 Å². The summed E-state index contributed by atoms with van der Waals surface area (Å²) in [5, 5.41) is 0. The molecule has 0 fully saturated rings. The van der Waals surface area contributed by atoms with Gasteiger partial charge in [0.15, 0.2) is 0 Å². The van der Waals surface area contributed by atoms with E-state index in [-0.39, 0.29) is 0 Å². The minimum atomic E-state index is 0.582. The Morgan fingerprint density at radius 3 is 2.79 bits per heavy atom. The van der Waals surface area contributed by atoms with Crippen LogP contribution in [-0.4, -0.2) is 6.29 Å². The van der Waals surface area contributed by atoms with Gasteiger partial charge in [-0.25, -0.2) is 0 Å². The first-order valence-corrected chi connectivity index (χ1v) is 4.69. The molecule has 14 heavy (non-hydrogen) atoms. The Morgan fingerprint density at radius 2 is 2.07 bits per heavy atom. The molecule has 0 N–H and O–H groups in total. The van der Waals surface area contributed by atoms with Gasteiger partial charge in [0.25, 0.3) is 0 Å². The number of aldehydes is 1. The minimum absolute atomic E-state index is 0.582. The highest BCUT2D eigenvalue weighted by Gasteiger charge is 1.96. The molecule has 72 valence electrons. The molecular weight excluding hydrogens is 172 g/mol. The fourth-order valence-electron chi connectivity index (χ4n) is 1.31. The molecule has 1 aromatic rings. The lowest BCUT2D eigenvalue weighted by Crippen LogP contribution is -1.89. The average molecular weight is 186 g/mol. The second kappa shape index (κ2) is 5.92. The Balaban J connectivity index is 2.84. The predicted molar refractivity (Wildman–Crippen MR) is 60.1 cm³/mol. The molecular formula is C13H14O. The largest absolute Gasteiger partial charge is 0.303 e. The average Bonchev–Trinajstić information content (AvgIpc) is 2.24. The van der Waals surface area contributed by atoms with Crippen molar-refractivity contribution in [2.24, 2.45) is 0 Å². The molecule has 0 amide bonds. The number of aryl methyl sites for hydroxylation is 1. The fraction of sp³-hybridized carbons (Fsp3) is 0.154. The summed E-state index contributed by atoms with van der Waals surface area (Å²) in [5.41, 5.74) is 2.37. The SMILES string of the molecule is C=C/C=C\c1ccccc1CCC=O. The standard InChI is InChI=1S/C13H14O/c1-2-3-7-12-8-4-5-9-13(12)10-6-11-14/h2-5,7-9,11H,1,6,10H2/b7-3-. The first-order chi connectivity index (χ1) is 6.88. The van der Waals surface area contributed by atoms with Gasteiger partial charge in [0, 0.05) is 6.42 Å².